The molecule has 0 saturated heterocycles. The Bertz CT molecular complexity index is 1620. The topological polar surface area (TPSA) is 9.23 Å². The normalized spacial score (nSPS) is 11.7. The van der Waals surface area contributed by atoms with Crippen molar-refractivity contribution in [1.29, 1.82) is 0 Å². The lowest BCUT2D eigenvalue weighted by molar-refractivity contribution is -0.189. The summed E-state index contributed by atoms with van der Waals surface area (Å²) in [5.74, 6) is -6.71. The van der Waals surface area contributed by atoms with Crippen molar-refractivity contribution in [3.8, 4) is 28.7 Å². The Balaban J connectivity index is 1.63. The van der Waals surface area contributed by atoms with Crippen molar-refractivity contribution in [3.05, 3.63) is 124 Å². The molecule has 0 aliphatic carbocycles. The average Bonchev–Trinajstić information content (AvgIpc) is 2.81. The quantitative estimate of drug-likeness (QED) is 0.176. The molecule has 0 N–H and O–H groups in total. The van der Waals surface area contributed by atoms with Gasteiger partial charge in [-0.25, -0.2) is 26.3 Å². The number of rotatable bonds is 4. The molecule has 0 saturated carbocycles. The third kappa shape index (κ3) is 5.88. The third-order valence-corrected chi connectivity index (χ3v) is 5.37. The Hall–Kier alpha value is -4.53. The van der Waals surface area contributed by atoms with Gasteiger partial charge in [0.05, 0.1) is 5.56 Å². The van der Waals surface area contributed by atoms with E-state index in [0.717, 1.165) is 18.2 Å². The van der Waals surface area contributed by atoms with E-state index in [1.807, 2.05) is 0 Å². The van der Waals surface area contributed by atoms with Crippen molar-refractivity contribution in [1.82, 2.24) is 0 Å². The number of hydrogen-bond acceptors (Lipinski definition) is 1. The first-order valence-corrected chi connectivity index (χ1v) is 10.9. The zero-order valence-corrected chi connectivity index (χ0v) is 19.4. The molecule has 0 amide bonds. The summed E-state index contributed by atoms with van der Waals surface area (Å²) in [6, 6.07) is 8.83. The van der Waals surface area contributed by atoms with E-state index in [4.69, 9.17) is 0 Å². The van der Waals surface area contributed by atoms with Crippen molar-refractivity contribution >= 4 is 0 Å². The summed E-state index contributed by atoms with van der Waals surface area (Å²) in [4.78, 5) is 0. The molecule has 4 aromatic rings. The van der Waals surface area contributed by atoms with E-state index in [2.05, 4.69) is 16.6 Å². The smallest absolute Gasteiger partial charge is 0.429 e. The second kappa shape index (κ2) is 10.6. The van der Waals surface area contributed by atoms with Gasteiger partial charge in [0.1, 0.15) is 51.8 Å². The first kappa shape index (κ1) is 28.5. The highest BCUT2D eigenvalue weighted by atomic mass is 19.4. The lowest BCUT2D eigenvalue weighted by Gasteiger charge is -2.21. The van der Waals surface area contributed by atoms with Crippen LogP contribution in [0, 0.1) is 46.7 Å². The molecule has 4 aromatic carbocycles. The minimum absolute atomic E-state index is 0.0247. The lowest BCUT2D eigenvalue weighted by atomic mass is 10.0. The second-order valence-corrected chi connectivity index (χ2v) is 8.12. The minimum Gasteiger partial charge on any atom is -0.429 e. The van der Waals surface area contributed by atoms with Crippen LogP contribution in [0.15, 0.2) is 66.7 Å². The summed E-state index contributed by atoms with van der Waals surface area (Å²) in [7, 11) is 0. The molecule has 4 rings (SSSR count). The number of alkyl halides is 5. The molecule has 0 spiro atoms. The van der Waals surface area contributed by atoms with Crippen LogP contribution in [0.5, 0.6) is 5.75 Å². The molecule has 1 nitrogen and oxygen atoms in total. The standard InChI is InChI=1S/C28H11F11O/c29-19-4-2-1-3-15(19)7-5-14-6-8-18(20(30)9-14)16-10-21(31)26(22(32)11-16)28(38,39)40-17-12-23(33)25(24(34)13-17)27(35,36)37/h1-4,6,8-13H. The number of hydrogen-bond donors (Lipinski definition) is 0. The zero-order valence-electron chi connectivity index (χ0n) is 19.4. The molecule has 0 radical (unpaired) electrons. The van der Waals surface area contributed by atoms with Crippen molar-refractivity contribution in [2.24, 2.45) is 0 Å². The van der Waals surface area contributed by atoms with Gasteiger partial charge in [0.15, 0.2) is 0 Å². The zero-order chi connectivity index (χ0) is 29.4. The predicted molar refractivity (Wildman–Crippen MR) is 120 cm³/mol. The van der Waals surface area contributed by atoms with E-state index < -0.39 is 75.2 Å². The summed E-state index contributed by atoms with van der Waals surface area (Å²) in [5, 5.41) is 0. The van der Waals surface area contributed by atoms with Gasteiger partial charge in [-0.2, -0.15) is 22.0 Å². The molecule has 0 heterocycles. The van der Waals surface area contributed by atoms with Crippen LogP contribution in [-0.2, 0) is 12.3 Å². The van der Waals surface area contributed by atoms with E-state index >= 15 is 0 Å². The highest BCUT2D eigenvalue weighted by Gasteiger charge is 2.43. The van der Waals surface area contributed by atoms with Gasteiger partial charge in [-0.15, -0.1) is 0 Å². The van der Waals surface area contributed by atoms with Crippen molar-refractivity contribution in [2.75, 3.05) is 0 Å². The number of ether oxygens (including phenoxy) is 1. The van der Waals surface area contributed by atoms with E-state index in [1.54, 1.807) is 0 Å². The summed E-state index contributed by atoms with van der Waals surface area (Å²) in [6.45, 7) is 0. The van der Waals surface area contributed by atoms with Crippen molar-refractivity contribution in [2.45, 2.75) is 12.3 Å². The maximum Gasteiger partial charge on any atom is 0.432 e. The van der Waals surface area contributed by atoms with E-state index in [0.29, 0.717) is 12.1 Å². The molecule has 0 atom stereocenters. The molecule has 0 unspecified atom stereocenters. The van der Waals surface area contributed by atoms with Crippen LogP contribution in [0.3, 0.4) is 0 Å². The number of benzene rings is 4. The fourth-order valence-corrected chi connectivity index (χ4v) is 3.61. The van der Waals surface area contributed by atoms with E-state index in [1.165, 1.54) is 24.3 Å². The van der Waals surface area contributed by atoms with Crippen LogP contribution in [0.4, 0.5) is 48.3 Å². The van der Waals surface area contributed by atoms with Gasteiger partial charge in [0.25, 0.3) is 0 Å². The Labute approximate surface area is 218 Å². The fourth-order valence-electron chi connectivity index (χ4n) is 3.61. The monoisotopic (exact) mass is 572 g/mol. The third-order valence-electron chi connectivity index (χ3n) is 5.37. The van der Waals surface area contributed by atoms with Gasteiger partial charge >= 0.3 is 12.3 Å². The van der Waals surface area contributed by atoms with Gasteiger partial charge in [0.2, 0.25) is 0 Å². The van der Waals surface area contributed by atoms with Crippen LogP contribution in [0.25, 0.3) is 11.1 Å². The molecule has 0 aromatic heterocycles. The Morgan fingerprint density at radius 3 is 1.68 bits per heavy atom. The Kier molecular flexibility index (Phi) is 7.52. The summed E-state index contributed by atoms with van der Waals surface area (Å²) in [6.07, 6.45) is -10.5. The molecule has 0 aliphatic heterocycles. The van der Waals surface area contributed by atoms with Crippen LogP contribution in [0.2, 0.25) is 0 Å². The molecule has 40 heavy (non-hydrogen) atoms. The van der Waals surface area contributed by atoms with Crippen LogP contribution >= 0.6 is 0 Å². The molecular weight excluding hydrogens is 561 g/mol. The highest BCUT2D eigenvalue weighted by molar-refractivity contribution is 5.66. The molecule has 0 fully saturated rings. The first-order chi connectivity index (χ1) is 18.7. The largest absolute Gasteiger partial charge is 0.432 e. The highest BCUT2D eigenvalue weighted by Crippen LogP contribution is 2.40. The molecule has 0 aliphatic rings. The van der Waals surface area contributed by atoms with E-state index in [9.17, 15) is 48.3 Å². The summed E-state index contributed by atoms with van der Waals surface area (Å²) < 4.78 is 156. The van der Waals surface area contributed by atoms with Crippen LogP contribution in [-0.4, -0.2) is 0 Å². The lowest BCUT2D eigenvalue weighted by Crippen LogP contribution is -2.25. The van der Waals surface area contributed by atoms with Crippen LogP contribution in [0.1, 0.15) is 22.3 Å². The fraction of sp³-hybridized carbons (Fsp3) is 0.0714. The maximum absolute atomic E-state index is 14.7. The van der Waals surface area contributed by atoms with E-state index in [-0.39, 0.29) is 23.3 Å². The first-order valence-electron chi connectivity index (χ1n) is 10.9. The Morgan fingerprint density at radius 1 is 0.550 bits per heavy atom. The SMILES string of the molecule is Fc1ccccc1C#Cc1ccc(-c2cc(F)c(C(F)(F)Oc3cc(F)c(C(F)(F)F)c(F)c3)c(F)c2)c(F)c1. The van der Waals surface area contributed by atoms with Crippen molar-refractivity contribution < 1.29 is 53.0 Å². The molecule has 0 bridgehead atoms. The average molecular weight is 572 g/mol. The van der Waals surface area contributed by atoms with Gasteiger partial charge < -0.3 is 4.74 Å². The van der Waals surface area contributed by atoms with Gasteiger partial charge in [-0.3, -0.25) is 0 Å². The van der Waals surface area contributed by atoms with Gasteiger partial charge in [-0.05, 0) is 42.0 Å². The molecular formula is C28H11F11O. The Morgan fingerprint density at radius 2 is 1.12 bits per heavy atom. The maximum atomic E-state index is 14.7. The molecule has 206 valence electrons. The number of halogens is 11. The summed E-state index contributed by atoms with van der Waals surface area (Å²) in [5.41, 5.74) is -5.32. The second-order valence-electron chi connectivity index (χ2n) is 8.12. The van der Waals surface area contributed by atoms with Crippen molar-refractivity contribution in [3.63, 3.8) is 0 Å². The summed E-state index contributed by atoms with van der Waals surface area (Å²) >= 11 is 0. The van der Waals surface area contributed by atoms with Crippen LogP contribution < -0.4 is 4.74 Å². The van der Waals surface area contributed by atoms with Gasteiger partial charge in [-0.1, -0.05) is 30.0 Å². The predicted octanol–water partition coefficient (Wildman–Crippen LogP) is 8.74. The van der Waals surface area contributed by atoms with Gasteiger partial charge in [0, 0.05) is 23.3 Å². The molecule has 12 heteroatoms. The minimum atomic E-state index is -5.50.